The summed E-state index contributed by atoms with van der Waals surface area (Å²) in [5.74, 6) is -0.378. The van der Waals surface area contributed by atoms with Gasteiger partial charge in [0.15, 0.2) is 0 Å². The molecule has 2 aromatic heterocycles. The minimum absolute atomic E-state index is 0.241. The van der Waals surface area contributed by atoms with E-state index in [0.717, 1.165) is 29.5 Å². The Morgan fingerprint density at radius 1 is 1.14 bits per heavy atom. The Labute approximate surface area is 178 Å². The summed E-state index contributed by atoms with van der Waals surface area (Å²) in [5, 5.41) is 4.44. The van der Waals surface area contributed by atoms with Crippen molar-refractivity contribution in [3.8, 4) is 5.69 Å². The van der Waals surface area contributed by atoms with E-state index in [2.05, 4.69) is 22.2 Å². The summed E-state index contributed by atoms with van der Waals surface area (Å²) >= 11 is 12.4. The molecular formula is C22H18Cl2N4O. The maximum atomic E-state index is 12.9. The van der Waals surface area contributed by atoms with Crippen LogP contribution in [0.4, 0.5) is 5.69 Å². The summed E-state index contributed by atoms with van der Waals surface area (Å²) in [6.45, 7) is 2.13. The summed E-state index contributed by atoms with van der Waals surface area (Å²) in [6.07, 6.45) is 9.16. The number of anilines is 1. The maximum Gasteiger partial charge on any atom is 0.258 e. The Kier molecular flexibility index (Phi) is 5.51. The number of pyridine rings is 1. The second kappa shape index (κ2) is 8.23. The molecule has 0 saturated heterocycles. The summed E-state index contributed by atoms with van der Waals surface area (Å²) in [6, 6.07) is 10.7. The Hall–Kier alpha value is -2.89. The van der Waals surface area contributed by atoms with E-state index < -0.39 is 0 Å². The molecule has 0 radical (unpaired) electrons. The number of para-hydroxylation sites is 1. The van der Waals surface area contributed by atoms with Crippen LogP contribution < -0.4 is 5.32 Å². The quantitative estimate of drug-likeness (QED) is 0.431. The number of hydrogen-bond acceptors (Lipinski definition) is 3. The third-order valence-electron chi connectivity index (χ3n) is 4.66. The monoisotopic (exact) mass is 424 g/mol. The van der Waals surface area contributed by atoms with Gasteiger partial charge in [0.05, 0.1) is 38.8 Å². The van der Waals surface area contributed by atoms with Crippen molar-refractivity contribution in [3.63, 3.8) is 0 Å². The molecule has 5 nitrogen and oxygen atoms in total. The van der Waals surface area contributed by atoms with Crippen LogP contribution in [-0.4, -0.2) is 20.4 Å². The highest BCUT2D eigenvalue weighted by Gasteiger charge is 2.18. The van der Waals surface area contributed by atoms with Gasteiger partial charge in [0, 0.05) is 24.0 Å². The lowest BCUT2D eigenvalue weighted by atomic mass is 10.0. The van der Waals surface area contributed by atoms with E-state index in [1.54, 1.807) is 30.7 Å². The zero-order valence-electron chi connectivity index (χ0n) is 15.7. The molecule has 2 aromatic carbocycles. The Morgan fingerprint density at radius 2 is 1.90 bits per heavy atom. The first kappa shape index (κ1) is 19.4. The molecule has 2 heterocycles. The van der Waals surface area contributed by atoms with Crippen molar-refractivity contribution in [1.82, 2.24) is 14.5 Å². The van der Waals surface area contributed by atoms with Crippen LogP contribution in [0.5, 0.6) is 0 Å². The SMILES string of the molecule is CCCc1cnc2c(NC(=O)c3c(Cl)cccc3Cl)cccc2c1-n1ccnc1. The largest absolute Gasteiger partial charge is 0.320 e. The summed E-state index contributed by atoms with van der Waals surface area (Å²) in [4.78, 5) is 21.7. The van der Waals surface area contributed by atoms with Crippen LogP contribution in [0.2, 0.25) is 10.0 Å². The van der Waals surface area contributed by atoms with Gasteiger partial charge in [-0.25, -0.2) is 4.98 Å². The van der Waals surface area contributed by atoms with Crippen molar-refractivity contribution in [1.29, 1.82) is 0 Å². The Morgan fingerprint density at radius 3 is 2.59 bits per heavy atom. The summed E-state index contributed by atoms with van der Waals surface area (Å²) < 4.78 is 1.98. The first-order chi connectivity index (χ1) is 14.1. The standard InChI is InChI=1S/C22H18Cl2N4O/c1-2-5-14-12-26-20-15(21(14)28-11-10-25-13-28)6-3-9-18(20)27-22(29)19-16(23)7-4-8-17(19)24/h3-4,6-13H,2,5H2,1H3,(H,27,29). The van der Waals surface area contributed by atoms with Gasteiger partial charge in [0.2, 0.25) is 0 Å². The van der Waals surface area contributed by atoms with E-state index in [1.165, 1.54) is 0 Å². The molecule has 0 aliphatic carbocycles. The van der Waals surface area contributed by atoms with Gasteiger partial charge in [-0.2, -0.15) is 0 Å². The van der Waals surface area contributed by atoms with E-state index in [1.807, 2.05) is 35.2 Å². The molecular weight excluding hydrogens is 407 g/mol. The van der Waals surface area contributed by atoms with Crippen LogP contribution in [0.1, 0.15) is 29.3 Å². The average Bonchev–Trinajstić information content (AvgIpc) is 3.22. The van der Waals surface area contributed by atoms with Crippen LogP contribution in [0, 0.1) is 0 Å². The van der Waals surface area contributed by atoms with Crippen molar-refractivity contribution in [2.75, 3.05) is 5.32 Å². The number of nitrogens with zero attached hydrogens (tertiary/aromatic N) is 3. The molecule has 0 fully saturated rings. The van der Waals surface area contributed by atoms with Crippen LogP contribution >= 0.6 is 23.2 Å². The van der Waals surface area contributed by atoms with Crippen molar-refractivity contribution in [2.24, 2.45) is 0 Å². The van der Waals surface area contributed by atoms with E-state index in [0.29, 0.717) is 21.2 Å². The molecule has 0 unspecified atom stereocenters. The molecule has 0 bridgehead atoms. The Bertz CT molecular complexity index is 1170. The molecule has 4 aromatic rings. The fourth-order valence-electron chi connectivity index (χ4n) is 3.40. The van der Waals surface area contributed by atoms with Gasteiger partial charge >= 0.3 is 0 Å². The zero-order valence-corrected chi connectivity index (χ0v) is 17.2. The van der Waals surface area contributed by atoms with Crippen LogP contribution in [0.3, 0.4) is 0 Å². The number of fused-ring (bicyclic) bond motifs is 1. The summed E-state index contributed by atoms with van der Waals surface area (Å²) in [5.41, 5.74) is 3.66. The topological polar surface area (TPSA) is 59.8 Å². The second-order valence-corrected chi connectivity index (χ2v) is 7.42. The molecule has 1 amide bonds. The highest BCUT2D eigenvalue weighted by molar-refractivity contribution is 6.40. The van der Waals surface area contributed by atoms with Gasteiger partial charge in [-0.3, -0.25) is 9.78 Å². The number of carbonyl (C=O) groups is 1. The molecule has 0 saturated carbocycles. The molecule has 1 N–H and O–H groups in total. The first-order valence-electron chi connectivity index (χ1n) is 9.24. The lowest BCUT2D eigenvalue weighted by molar-refractivity contribution is 0.102. The number of amides is 1. The number of halogens is 2. The molecule has 146 valence electrons. The van der Waals surface area contributed by atoms with Crippen molar-refractivity contribution in [2.45, 2.75) is 19.8 Å². The van der Waals surface area contributed by atoms with Crippen molar-refractivity contribution >= 4 is 45.7 Å². The van der Waals surface area contributed by atoms with Crippen LogP contribution in [0.15, 0.2) is 61.3 Å². The van der Waals surface area contributed by atoms with Crippen molar-refractivity contribution in [3.05, 3.63) is 82.5 Å². The van der Waals surface area contributed by atoms with Crippen molar-refractivity contribution < 1.29 is 4.79 Å². The third-order valence-corrected chi connectivity index (χ3v) is 5.29. The van der Waals surface area contributed by atoms with E-state index in [-0.39, 0.29) is 11.5 Å². The molecule has 0 spiro atoms. The van der Waals surface area contributed by atoms with Gasteiger partial charge in [-0.1, -0.05) is 54.7 Å². The maximum absolute atomic E-state index is 12.9. The predicted molar refractivity (Wildman–Crippen MR) is 117 cm³/mol. The molecule has 0 aliphatic heterocycles. The zero-order chi connectivity index (χ0) is 20.4. The Balaban J connectivity index is 1.83. The first-order valence-corrected chi connectivity index (χ1v) is 10.00. The normalized spacial score (nSPS) is 11.0. The fourth-order valence-corrected chi connectivity index (χ4v) is 3.97. The van der Waals surface area contributed by atoms with E-state index in [4.69, 9.17) is 23.2 Å². The average molecular weight is 425 g/mol. The minimum Gasteiger partial charge on any atom is -0.320 e. The van der Waals surface area contributed by atoms with Crippen LogP contribution in [0.25, 0.3) is 16.6 Å². The summed E-state index contributed by atoms with van der Waals surface area (Å²) in [7, 11) is 0. The molecule has 29 heavy (non-hydrogen) atoms. The smallest absolute Gasteiger partial charge is 0.258 e. The van der Waals surface area contributed by atoms with Gasteiger partial charge in [0.25, 0.3) is 5.91 Å². The molecule has 0 atom stereocenters. The number of imidazole rings is 1. The number of aryl methyl sites for hydroxylation is 1. The number of rotatable bonds is 5. The van der Waals surface area contributed by atoms with Gasteiger partial charge in [-0.15, -0.1) is 0 Å². The molecule has 4 rings (SSSR count). The lowest BCUT2D eigenvalue weighted by Crippen LogP contribution is -2.14. The highest BCUT2D eigenvalue weighted by Crippen LogP contribution is 2.31. The van der Waals surface area contributed by atoms with E-state index in [9.17, 15) is 4.79 Å². The molecule has 7 heteroatoms. The highest BCUT2D eigenvalue weighted by atomic mass is 35.5. The lowest BCUT2D eigenvalue weighted by Gasteiger charge is -2.15. The third kappa shape index (κ3) is 3.71. The van der Waals surface area contributed by atoms with E-state index >= 15 is 0 Å². The predicted octanol–water partition coefficient (Wildman–Crippen LogP) is 5.93. The van der Waals surface area contributed by atoms with Gasteiger partial charge < -0.3 is 9.88 Å². The number of benzene rings is 2. The van der Waals surface area contributed by atoms with Gasteiger partial charge in [-0.05, 0) is 30.2 Å². The number of nitrogens with one attached hydrogen (secondary N) is 1. The second-order valence-electron chi connectivity index (χ2n) is 6.60. The fraction of sp³-hybridized carbons (Fsp3) is 0.136. The number of carbonyl (C=O) groups excluding carboxylic acids is 1. The number of aromatic nitrogens is 3. The van der Waals surface area contributed by atoms with Crippen LogP contribution in [-0.2, 0) is 6.42 Å². The minimum atomic E-state index is -0.378. The number of hydrogen-bond donors (Lipinski definition) is 1. The van der Waals surface area contributed by atoms with Gasteiger partial charge in [0.1, 0.15) is 0 Å². The molecule has 0 aliphatic rings.